The molecule has 0 heterocycles. The van der Waals surface area contributed by atoms with E-state index in [2.05, 4.69) is 0 Å². The second-order valence-electron chi connectivity index (χ2n) is 4.21. The van der Waals surface area contributed by atoms with E-state index in [0.29, 0.717) is 19.4 Å². The van der Waals surface area contributed by atoms with E-state index in [1.807, 2.05) is 13.8 Å². The van der Waals surface area contributed by atoms with Gasteiger partial charge in [-0.3, -0.25) is 4.79 Å². The number of hydrogen-bond donors (Lipinski definition) is 1. The number of rotatable bonds is 4. The second-order valence-corrected chi connectivity index (χ2v) is 4.21. The highest BCUT2D eigenvalue weighted by atomic mass is 16.5. The SMILES string of the molecule is CCOC(=O)[C@H]1C[C@@H](O)[C@@H](OC(C)C)C1. The van der Waals surface area contributed by atoms with E-state index in [4.69, 9.17) is 9.47 Å². The van der Waals surface area contributed by atoms with Crippen LogP contribution in [0.15, 0.2) is 0 Å². The number of carbonyl (C=O) groups is 1. The molecular weight excluding hydrogens is 196 g/mol. The average molecular weight is 216 g/mol. The zero-order chi connectivity index (χ0) is 11.4. The summed E-state index contributed by atoms with van der Waals surface area (Å²) in [5, 5.41) is 9.69. The van der Waals surface area contributed by atoms with Gasteiger partial charge in [-0.2, -0.15) is 0 Å². The van der Waals surface area contributed by atoms with Crippen molar-refractivity contribution in [3.63, 3.8) is 0 Å². The summed E-state index contributed by atoms with van der Waals surface area (Å²) in [5.74, 6) is -0.421. The molecule has 0 aromatic heterocycles. The van der Waals surface area contributed by atoms with Crippen LogP contribution in [0, 0.1) is 5.92 Å². The molecule has 1 N–H and O–H groups in total. The van der Waals surface area contributed by atoms with Crippen LogP contribution in [0.1, 0.15) is 33.6 Å². The lowest BCUT2D eigenvalue weighted by atomic mass is 10.1. The Labute approximate surface area is 90.6 Å². The van der Waals surface area contributed by atoms with Crippen molar-refractivity contribution in [1.29, 1.82) is 0 Å². The van der Waals surface area contributed by atoms with E-state index in [1.54, 1.807) is 6.92 Å². The summed E-state index contributed by atoms with van der Waals surface area (Å²) in [6, 6.07) is 0. The van der Waals surface area contributed by atoms with Crippen molar-refractivity contribution in [2.75, 3.05) is 6.61 Å². The number of hydrogen-bond acceptors (Lipinski definition) is 4. The normalized spacial score (nSPS) is 30.9. The Morgan fingerprint density at radius 3 is 2.67 bits per heavy atom. The number of aliphatic hydroxyl groups excluding tert-OH is 1. The number of carbonyl (C=O) groups excluding carboxylic acids is 1. The molecule has 4 heteroatoms. The molecule has 0 aromatic carbocycles. The molecule has 1 saturated carbocycles. The average Bonchev–Trinajstić information content (AvgIpc) is 2.47. The number of esters is 1. The van der Waals surface area contributed by atoms with Gasteiger partial charge in [0.2, 0.25) is 0 Å². The molecular formula is C11H20O4. The van der Waals surface area contributed by atoms with Crippen LogP contribution in [0.25, 0.3) is 0 Å². The largest absolute Gasteiger partial charge is 0.466 e. The third-order valence-electron chi connectivity index (χ3n) is 2.54. The number of aliphatic hydroxyl groups is 1. The van der Waals surface area contributed by atoms with E-state index in [9.17, 15) is 9.90 Å². The van der Waals surface area contributed by atoms with Crippen LogP contribution >= 0.6 is 0 Å². The molecule has 1 fully saturated rings. The maximum Gasteiger partial charge on any atom is 0.309 e. The van der Waals surface area contributed by atoms with Gasteiger partial charge < -0.3 is 14.6 Å². The molecule has 15 heavy (non-hydrogen) atoms. The van der Waals surface area contributed by atoms with Gasteiger partial charge in [0.15, 0.2) is 0 Å². The van der Waals surface area contributed by atoms with Gasteiger partial charge in [-0.1, -0.05) is 0 Å². The summed E-state index contributed by atoms with van der Waals surface area (Å²) in [4.78, 5) is 11.4. The quantitative estimate of drug-likeness (QED) is 0.715. The third kappa shape index (κ3) is 3.47. The second kappa shape index (κ2) is 5.47. The summed E-state index contributed by atoms with van der Waals surface area (Å²) < 4.78 is 10.4. The molecule has 1 aliphatic carbocycles. The van der Waals surface area contributed by atoms with Crippen molar-refractivity contribution >= 4 is 5.97 Å². The Hall–Kier alpha value is -0.610. The minimum absolute atomic E-state index is 0.0746. The Morgan fingerprint density at radius 2 is 2.13 bits per heavy atom. The predicted molar refractivity (Wildman–Crippen MR) is 55.4 cm³/mol. The van der Waals surface area contributed by atoms with Gasteiger partial charge in [0.05, 0.1) is 30.8 Å². The van der Waals surface area contributed by atoms with E-state index >= 15 is 0 Å². The van der Waals surface area contributed by atoms with Crippen molar-refractivity contribution in [3.05, 3.63) is 0 Å². The van der Waals surface area contributed by atoms with E-state index < -0.39 is 6.10 Å². The molecule has 0 bridgehead atoms. The van der Waals surface area contributed by atoms with Gasteiger partial charge in [-0.25, -0.2) is 0 Å². The molecule has 0 unspecified atom stereocenters. The molecule has 0 amide bonds. The lowest BCUT2D eigenvalue weighted by Gasteiger charge is -2.18. The maximum absolute atomic E-state index is 11.4. The first-order chi connectivity index (χ1) is 7.04. The fourth-order valence-corrected chi connectivity index (χ4v) is 1.93. The van der Waals surface area contributed by atoms with Crippen LogP contribution in [0.4, 0.5) is 0 Å². The van der Waals surface area contributed by atoms with Gasteiger partial charge in [0.1, 0.15) is 0 Å². The van der Waals surface area contributed by atoms with Crippen LogP contribution < -0.4 is 0 Å². The molecule has 0 radical (unpaired) electrons. The number of ether oxygens (including phenoxy) is 2. The maximum atomic E-state index is 11.4. The Kier molecular flexibility index (Phi) is 4.54. The Balaban J connectivity index is 2.44. The van der Waals surface area contributed by atoms with Gasteiger partial charge in [0, 0.05) is 0 Å². The molecule has 4 nitrogen and oxygen atoms in total. The zero-order valence-corrected chi connectivity index (χ0v) is 9.60. The Morgan fingerprint density at radius 1 is 1.47 bits per heavy atom. The topological polar surface area (TPSA) is 55.8 Å². The van der Waals surface area contributed by atoms with Crippen molar-refractivity contribution in [3.8, 4) is 0 Å². The zero-order valence-electron chi connectivity index (χ0n) is 9.60. The molecule has 0 spiro atoms. The van der Waals surface area contributed by atoms with Gasteiger partial charge in [-0.15, -0.1) is 0 Å². The monoisotopic (exact) mass is 216 g/mol. The molecule has 3 atom stereocenters. The minimum atomic E-state index is -0.540. The van der Waals surface area contributed by atoms with Crippen molar-refractivity contribution < 1.29 is 19.4 Å². The van der Waals surface area contributed by atoms with Gasteiger partial charge in [0.25, 0.3) is 0 Å². The van der Waals surface area contributed by atoms with Gasteiger partial charge in [-0.05, 0) is 33.6 Å². The van der Waals surface area contributed by atoms with Crippen LogP contribution in [0.2, 0.25) is 0 Å². The van der Waals surface area contributed by atoms with Crippen LogP contribution in [0.5, 0.6) is 0 Å². The Bertz CT molecular complexity index is 215. The predicted octanol–water partition coefficient (Wildman–Crippen LogP) is 1.11. The summed E-state index contributed by atoms with van der Waals surface area (Å²) in [7, 11) is 0. The standard InChI is InChI=1S/C11H20O4/c1-4-14-11(13)8-5-9(12)10(6-8)15-7(2)3/h7-10,12H,4-6H2,1-3H3/t8-,9+,10-/m0/s1. The van der Waals surface area contributed by atoms with Crippen molar-refractivity contribution in [1.82, 2.24) is 0 Å². The fraction of sp³-hybridized carbons (Fsp3) is 0.909. The lowest BCUT2D eigenvalue weighted by molar-refractivity contribution is -0.148. The summed E-state index contributed by atoms with van der Waals surface area (Å²) in [5.41, 5.74) is 0. The van der Waals surface area contributed by atoms with Crippen LogP contribution in [-0.4, -0.2) is 36.0 Å². The summed E-state index contributed by atoms with van der Waals surface area (Å²) >= 11 is 0. The van der Waals surface area contributed by atoms with E-state index in [-0.39, 0.29) is 24.1 Å². The summed E-state index contributed by atoms with van der Waals surface area (Å²) in [6.45, 7) is 6.02. The first-order valence-electron chi connectivity index (χ1n) is 5.54. The summed E-state index contributed by atoms with van der Waals surface area (Å²) in [6.07, 6.45) is 0.334. The lowest BCUT2D eigenvalue weighted by Crippen LogP contribution is -2.25. The molecule has 1 rings (SSSR count). The van der Waals surface area contributed by atoms with Crippen LogP contribution in [-0.2, 0) is 14.3 Å². The van der Waals surface area contributed by atoms with Crippen LogP contribution in [0.3, 0.4) is 0 Å². The van der Waals surface area contributed by atoms with E-state index in [1.165, 1.54) is 0 Å². The first-order valence-corrected chi connectivity index (χ1v) is 5.54. The van der Waals surface area contributed by atoms with Gasteiger partial charge >= 0.3 is 5.97 Å². The van der Waals surface area contributed by atoms with Crippen molar-refractivity contribution in [2.24, 2.45) is 5.92 Å². The molecule has 1 aliphatic rings. The molecule has 0 aromatic rings. The first kappa shape index (κ1) is 12.5. The highest BCUT2D eigenvalue weighted by Gasteiger charge is 2.38. The minimum Gasteiger partial charge on any atom is -0.466 e. The molecule has 0 aliphatic heterocycles. The molecule has 0 saturated heterocycles. The fourth-order valence-electron chi connectivity index (χ4n) is 1.93. The van der Waals surface area contributed by atoms with Crippen molar-refractivity contribution in [2.45, 2.75) is 51.9 Å². The highest BCUT2D eigenvalue weighted by molar-refractivity contribution is 5.73. The van der Waals surface area contributed by atoms with E-state index in [0.717, 1.165) is 0 Å². The smallest absolute Gasteiger partial charge is 0.309 e. The third-order valence-corrected chi connectivity index (χ3v) is 2.54. The molecule has 88 valence electrons. The highest BCUT2D eigenvalue weighted by Crippen LogP contribution is 2.30.